The van der Waals surface area contributed by atoms with Crippen LogP contribution in [0.15, 0.2) is 88.1 Å². The van der Waals surface area contributed by atoms with Gasteiger partial charge in [-0.3, -0.25) is 9.69 Å². The molecule has 0 amide bonds. The minimum Gasteiger partial charge on any atom is -0.462 e. The number of benzene rings is 3. The van der Waals surface area contributed by atoms with Crippen LogP contribution in [0.5, 0.6) is 0 Å². The normalized spacial score (nSPS) is 13.4. The first kappa shape index (κ1) is 29.2. The number of anilines is 1. The van der Waals surface area contributed by atoms with E-state index in [1.165, 1.54) is 5.69 Å². The van der Waals surface area contributed by atoms with Gasteiger partial charge in [-0.25, -0.2) is 4.79 Å². The number of fused-ring (bicyclic) bond motifs is 1. The van der Waals surface area contributed by atoms with Gasteiger partial charge in [0.25, 0.3) is 0 Å². The largest absolute Gasteiger partial charge is 0.462 e. The first-order valence-electron chi connectivity index (χ1n) is 12.4. The minimum atomic E-state index is -0.472. The molecule has 1 fully saturated rings. The fourth-order valence-electron chi connectivity index (χ4n) is 4.73. The van der Waals surface area contributed by atoms with Gasteiger partial charge >= 0.3 is 5.97 Å². The molecular weight excluding hydrogens is 523 g/mol. The van der Waals surface area contributed by atoms with E-state index >= 15 is 0 Å². The SMILES string of the molecule is Cc1c(-c2ccccc2)oc2c(C(=O)OCCCN3CCN(c4ccccc4)CC3)cccc2c1=O.Cl.Cl. The second kappa shape index (κ2) is 13.5. The van der Waals surface area contributed by atoms with Crippen LogP contribution in [0, 0.1) is 6.92 Å². The molecule has 38 heavy (non-hydrogen) atoms. The number of hydrogen-bond acceptors (Lipinski definition) is 6. The number of carbonyl (C=O) groups excluding carboxylic acids is 1. The van der Waals surface area contributed by atoms with Crippen LogP contribution in [0.25, 0.3) is 22.3 Å². The first-order chi connectivity index (χ1) is 17.6. The molecule has 1 saturated heterocycles. The molecule has 2 heterocycles. The Morgan fingerprint density at radius 1 is 0.868 bits per heavy atom. The van der Waals surface area contributed by atoms with E-state index in [9.17, 15) is 9.59 Å². The van der Waals surface area contributed by atoms with Crippen molar-refractivity contribution in [3.8, 4) is 11.3 Å². The van der Waals surface area contributed by atoms with E-state index in [0.29, 0.717) is 23.3 Å². The minimum absolute atomic E-state index is 0. The highest BCUT2D eigenvalue weighted by atomic mass is 35.5. The molecule has 1 aliphatic heterocycles. The number of esters is 1. The van der Waals surface area contributed by atoms with E-state index < -0.39 is 5.97 Å². The van der Waals surface area contributed by atoms with Gasteiger partial charge in [-0.1, -0.05) is 54.6 Å². The molecule has 3 aromatic carbocycles. The van der Waals surface area contributed by atoms with Gasteiger partial charge in [0.1, 0.15) is 11.3 Å². The third kappa shape index (κ3) is 6.38. The molecular formula is C30H32Cl2N2O4. The number of para-hydroxylation sites is 2. The van der Waals surface area contributed by atoms with Crippen molar-refractivity contribution in [2.45, 2.75) is 13.3 Å². The van der Waals surface area contributed by atoms with Gasteiger partial charge in [0.2, 0.25) is 0 Å². The van der Waals surface area contributed by atoms with Gasteiger partial charge in [0, 0.05) is 49.5 Å². The van der Waals surface area contributed by atoms with Gasteiger partial charge in [-0.05, 0) is 37.6 Å². The Morgan fingerprint density at radius 3 is 2.21 bits per heavy atom. The molecule has 0 spiro atoms. The lowest BCUT2D eigenvalue weighted by Crippen LogP contribution is -2.46. The van der Waals surface area contributed by atoms with Gasteiger partial charge < -0.3 is 14.1 Å². The Balaban J connectivity index is 0.00000200. The fraction of sp³-hybridized carbons (Fsp3) is 0.267. The Labute approximate surface area is 235 Å². The lowest BCUT2D eigenvalue weighted by atomic mass is 10.0. The molecule has 0 N–H and O–H groups in total. The van der Waals surface area contributed by atoms with E-state index in [1.54, 1.807) is 25.1 Å². The molecule has 0 atom stereocenters. The Kier molecular flexibility index (Phi) is 10.4. The predicted octanol–water partition coefficient (Wildman–Crippen LogP) is 5.98. The zero-order valence-electron chi connectivity index (χ0n) is 21.3. The van der Waals surface area contributed by atoms with Crippen molar-refractivity contribution in [3.63, 3.8) is 0 Å². The highest BCUT2D eigenvalue weighted by molar-refractivity contribution is 6.02. The van der Waals surface area contributed by atoms with E-state index in [-0.39, 0.29) is 41.4 Å². The highest BCUT2D eigenvalue weighted by Gasteiger charge is 2.20. The van der Waals surface area contributed by atoms with Crippen LogP contribution in [0.1, 0.15) is 22.3 Å². The van der Waals surface area contributed by atoms with E-state index in [2.05, 4.69) is 34.1 Å². The number of carbonyl (C=O) groups is 1. The Morgan fingerprint density at radius 2 is 1.53 bits per heavy atom. The predicted molar refractivity (Wildman–Crippen MR) is 157 cm³/mol. The second-order valence-electron chi connectivity index (χ2n) is 9.09. The highest BCUT2D eigenvalue weighted by Crippen LogP contribution is 2.27. The summed E-state index contributed by atoms with van der Waals surface area (Å²) in [5.74, 6) is 0.00325. The monoisotopic (exact) mass is 554 g/mol. The van der Waals surface area contributed by atoms with Crippen molar-refractivity contribution in [3.05, 3.63) is 100 Å². The summed E-state index contributed by atoms with van der Waals surface area (Å²) in [5, 5.41) is 0.387. The van der Waals surface area contributed by atoms with Crippen LogP contribution in [0.2, 0.25) is 0 Å². The maximum Gasteiger partial charge on any atom is 0.341 e. The fourth-order valence-corrected chi connectivity index (χ4v) is 4.73. The Hall–Kier alpha value is -3.32. The van der Waals surface area contributed by atoms with Crippen LogP contribution in [0.4, 0.5) is 5.69 Å². The molecule has 0 saturated carbocycles. The van der Waals surface area contributed by atoms with Crippen LogP contribution < -0.4 is 10.3 Å². The number of halogens is 2. The number of piperazine rings is 1. The molecule has 5 rings (SSSR count). The summed E-state index contributed by atoms with van der Waals surface area (Å²) in [6, 6.07) is 25.0. The molecule has 0 unspecified atom stereocenters. The third-order valence-corrected chi connectivity index (χ3v) is 6.75. The summed E-state index contributed by atoms with van der Waals surface area (Å²) in [6.07, 6.45) is 0.750. The second-order valence-corrected chi connectivity index (χ2v) is 9.09. The zero-order valence-corrected chi connectivity index (χ0v) is 22.9. The van der Waals surface area contributed by atoms with Crippen molar-refractivity contribution in [1.29, 1.82) is 0 Å². The van der Waals surface area contributed by atoms with Gasteiger partial charge in [0.05, 0.1) is 12.0 Å². The lowest BCUT2D eigenvalue weighted by Gasteiger charge is -2.36. The van der Waals surface area contributed by atoms with Crippen molar-refractivity contribution >= 4 is 47.4 Å². The molecule has 0 aliphatic carbocycles. The summed E-state index contributed by atoms with van der Waals surface area (Å²) in [7, 11) is 0. The number of nitrogens with zero attached hydrogens (tertiary/aromatic N) is 2. The standard InChI is InChI=1S/C30H30N2O4.2ClH/c1-22-27(33)25-14-8-15-26(29(25)36-28(22)23-10-4-2-5-11-23)30(34)35-21-9-16-31-17-19-32(20-18-31)24-12-6-3-7-13-24;;/h2-8,10-15H,9,16-21H2,1H3;2*1H. The molecule has 0 bridgehead atoms. The van der Waals surface area contributed by atoms with Crippen molar-refractivity contribution in [2.75, 3.05) is 44.2 Å². The van der Waals surface area contributed by atoms with E-state index in [1.807, 2.05) is 36.4 Å². The average molecular weight is 556 g/mol. The van der Waals surface area contributed by atoms with Gasteiger partial charge in [-0.2, -0.15) is 0 Å². The zero-order chi connectivity index (χ0) is 24.9. The van der Waals surface area contributed by atoms with Crippen LogP contribution >= 0.6 is 24.8 Å². The molecule has 1 aliphatic rings. The summed E-state index contributed by atoms with van der Waals surface area (Å²) in [5.41, 5.74) is 2.99. The molecule has 6 nitrogen and oxygen atoms in total. The summed E-state index contributed by atoms with van der Waals surface area (Å²) >= 11 is 0. The lowest BCUT2D eigenvalue weighted by molar-refractivity contribution is 0.0488. The van der Waals surface area contributed by atoms with E-state index in [0.717, 1.165) is 44.7 Å². The molecule has 8 heteroatoms. The van der Waals surface area contributed by atoms with Gasteiger partial charge in [-0.15, -0.1) is 24.8 Å². The summed E-state index contributed by atoms with van der Waals surface area (Å²) in [6.45, 7) is 6.88. The van der Waals surface area contributed by atoms with Gasteiger partial charge in [0.15, 0.2) is 11.0 Å². The third-order valence-electron chi connectivity index (χ3n) is 6.75. The van der Waals surface area contributed by atoms with Crippen LogP contribution in [-0.4, -0.2) is 50.2 Å². The topological polar surface area (TPSA) is 63.0 Å². The smallest absolute Gasteiger partial charge is 0.341 e. The van der Waals surface area contributed by atoms with Crippen LogP contribution in [-0.2, 0) is 4.74 Å². The molecule has 1 aromatic heterocycles. The number of rotatable bonds is 7. The molecule has 4 aromatic rings. The van der Waals surface area contributed by atoms with Crippen molar-refractivity contribution in [1.82, 2.24) is 4.90 Å². The Bertz CT molecular complexity index is 1400. The first-order valence-corrected chi connectivity index (χ1v) is 12.4. The maximum atomic E-state index is 13.0. The maximum absolute atomic E-state index is 13.0. The quantitative estimate of drug-likeness (QED) is 0.207. The number of ether oxygens (including phenoxy) is 1. The molecule has 200 valence electrons. The summed E-state index contributed by atoms with van der Waals surface area (Å²) in [4.78, 5) is 30.8. The van der Waals surface area contributed by atoms with Crippen molar-refractivity contribution < 1.29 is 13.9 Å². The average Bonchev–Trinajstić information content (AvgIpc) is 2.94. The number of hydrogen-bond donors (Lipinski definition) is 0. The van der Waals surface area contributed by atoms with Crippen LogP contribution in [0.3, 0.4) is 0 Å². The van der Waals surface area contributed by atoms with E-state index in [4.69, 9.17) is 9.15 Å². The summed E-state index contributed by atoms with van der Waals surface area (Å²) < 4.78 is 11.7. The van der Waals surface area contributed by atoms with Crippen molar-refractivity contribution in [2.24, 2.45) is 0 Å². The molecule has 0 radical (unpaired) electrons.